The zero-order chi connectivity index (χ0) is 11.1. The zero-order valence-electron chi connectivity index (χ0n) is 8.87. The standard InChI is InChI=1S/C12H11NO2S/c1-14-8-3-4-9-7(6-8)2-5-10-11(9)13-12(16)15-10/h3-4,6H,2,5H2,1H3,(H,13,16). The van der Waals surface area contributed by atoms with Gasteiger partial charge in [-0.1, -0.05) is 0 Å². The molecule has 1 aromatic heterocycles. The van der Waals surface area contributed by atoms with Crippen LogP contribution < -0.4 is 4.74 Å². The van der Waals surface area contributed by atoms with Crippen LogP contribution in [-0.4, -0.2) is 12.1 Å². The lowest BCUT2D eigenvalue weighted by atomic mass is 9.93. The van der Waals surface area contributed by atoms with Crippen LogP contribution in [0.4, 0.5) is 0 Å². The highest BCUT2D eigenvalue weighted by atomic mass is 32.1. The largest absolute Gasteiger partial charge is 0.497 e. The van der Waals surface area contributed by atoms with E-state index in [1.165, 1.54) is 11.1 Å². The number of aromatic nitrogens is 1. The maximum Gasteiger partial charge on any atom is 0.266 e. The Labute approximate surface area is 98.1 Å². The summed E-state index contributed by atoms with van der Waals surface area (Å²) in [5, 5.41) is 0. The topological polar surface area (TPSA) is 38.2 Å². The van der Waals surface area contributed by atoms with Gasteiger partial charge in [0.15, 0.2) is 0 Å². The van der Waals surface area contributed by atoms with E-state index in [9.17, 15) is 0 Å². The van der Waals surface area contributed by atoms with Crippen molar-refractivity contribution in [3.8, 4) is 17.0 Å². The number of ether oxygens (including phenoxy) is 1. The number of benzene rings is 1. The Morgan fingerprint density at radius 1 is 1.38 bits per heavy atom. The van der Waals surface area contributed by atoms with E-state index >= 15 is 0 Å². The van der Waals surface area contributed by atoms with Crippen molar-refractivity contribution in [1.29, 1.82) is 0 Å². The van der Waals surface area contributed by atoms with Crippen LogP contribution in [0.1, 0.15) is 11.3 Å². The Morgan fingerprint density at radius 3 is 3.06 bits per heavy atom. The number of hydrogen-bond donors (Lipinski definition) is 1. The molecular weight excluding hydrogens is 222 g/mol. The average molecular weight is 233 g/mol. The second kappa shape index (κ2) is 3.49. The second-order valence-corrected chi connectivity index (χ2v) is 4.21. The molecule has 1 aliphatic rings. The van der Waals surface area contributed by atoms with Gasteiger partial charge in [0.2, 0.25) is 0 Å². The van der Waals surface area contributed by atoms with Crippen LogP contribution in [0.5, 0.6) is 5.75 Å². The molecule has 0 saturated heterocycles. The minimum atomic E-state index is 0.452. The van der Waals surface area contributed by atoms with Gasteiger partial charge in [-0.15, -0.1) is 0 Å². The molecule has 16 heavy (non-hydrogen) atoms. The fourth-order valence-electron chi connectivity index (χ4n) is 2.15. The highest BCUT2D eigenvalue weighted by Gasteiger charge is 2.20. The lowest BCUT2D eigenvalue weighted by Gasteiger charge is -2.15. The number of oxazole rings is 1. The quantitative estimate of drug-likeness (QED) is 0.769. The Morgan fingerprint density at radius 2 is 2.25 bits per heavy atom. The molecule has 0 atom stereocenters. The third kappa shape index (κ3) is 1.38. The molecule has 1 aromatic carbocycles. The first-order valence-corrected chi connectivity index (χ1v) is 5.58. The first-order valence-electron chi connectivity index (χ1n) is 5.17. The van der Waals surface area contributed by atoms with Gasteiger partial charge in [-0.2, -0.15) is 0 Å². The third-order valence-electron chi connectivity index (χ3n) is 2.92. The Bertz CT molecular complexity index is 597. The summed E-state index contributed by atoms with van der Waals surface area (Å²) < 4.78 is 10.7. The molecule has 3 nitrogen and oxygen atoms in total. The molecule has 0 spiro atoms. The van der Waals surface area contributed by atoms with Crippen molar-refractivity contribution in [2.45, 2.75) is 12.8 Å². The van der Waals surface area contributed by atoms with Crippen molar-refractivity contribution in [3.05, 3.63) is 34.4 Å². The van der Waals surface area contributed by atoms with E-state index in [1.54, 1.807) is 7.11 Å². The molecule has 0 saturated carbocycles. The smallest absolute Gasteiger partial charge is 0.266 e. The molecular formula is C12H11NO2S. The molecule has 82 valence electrons. The van der Waals surface area contributed by atoms with Crippen molar-refractivity contribution in [1.82, 2.24) is 4.98 Å². The van der Waals surface area contributed by atoms with Crippen LogP contribution in [0.2, 0.25) is 0 Å². The number of methoxy groups -OCH3 is 1. The van der Waals surface area contributed by atoms with Crippen molar-refractivity contribution < 1.29 is 9.15 Å². The van der Waals surface area contributed by atoms with Crippen molar-refractivity contribution >= 4 is 12.2 Å². The third-order valence-corrected chi connectivity index (χ3v) is 3.11. The van der Waals surface area contributed by atoms with Gasteiger partial charge in [-0.3, -0.25) is 0 Å². The SMILES string of the molecule is COc1ccc2c(c1)CCc1oc(=S)[nH]c1-2. The number of nitrogens with one attached hydrogen (secondary N) is 1. The van der Waals surface area contributed by atoms with E-state index in [1.807, 2.05) is 12.1 Å². The number of aryl methyl sites for hydroxylation is 2. The van der Waals surface area contributed by atoms with Crippen LogP contribution in [-0.2, 0) is 12.8 Å². The van der Waals surface area contributed by atoms with Crippen molar-refractivity contribution in [3.63, 3.8) is 0 Å². The Balaban J connectivity index is 2.21. The van der Waals surface area contributed by atoms with Gasteiger partial charge >= 0.3 is 0 Å². The van der Waals surface area contributed by atoms with Crippen LogP contribution in [0.3, 0.4) is 0 Å². The van der Waals surface area contributed by atoms with E-state index in [-0.39, 0.29) is 0 Å². The molecule has 0 aliphatic heterocycles. The molecule has 1 heterocycles. The lowest BCUT2D eigenvalue weighted by molar-refractivity contribution is 0.414. The van der Waals surface area contributed by atoms with Crippen LogP contribution >= 0.6 is 12.2 Å². The van der Waals surface area contributed by atoms with Crippen LogP contribution in [0, 0.1) is 4.84 Å². The summed E-state index contributed by atoms with van der Waals surface area (Å²) >= 11 is 5.01. The van der Waals surface area contributed by atoms with E-state index < -0.39 is 0 Å². The number of rotatable bonds is 1. The number of aromatic amines is 1. The highest BCUT2D eigenvalue weighted by molar-refractivity contribution is 7.71. The normalized spacial score (nSPS) is 13.1. The summed E-state index contributed by atoms with van der Waals surface area (Å²) in [6.45, 7) is 0. The van der Waals surface area contributed by atoms with Gasteiger partial charge in [0, 0.05) is 12.0 Å². The van der Waals surface area contributed by atoms with Crippen LogP contribution in [0.15, 0.2) is 22.6 Å². The van der Waals surface area contributed by atoms with Gasteiger partial charge in [-0.05, 0) is 42.4 Å². The molecule has 4 heteroatoms. The highest BCUT2D eigenvalue weighted by Crippen LogP contribution is 2.34. The summed E-state index contributed by atoms with van der Waals surface area (Å²) in [6.07, 6.45) is 1.86. The summed E-state index contributed by atoms with van der Waals surface area (Å²) in [4.78, 5) is 3.55. The van der Waals surface area contributed by atoms with Crippen molar-refractivity contribution in [2.24, 2.45) is 0 Å². The second-order valence-electron chi connectivity index (χ2n) is 3.84. The van der Waals surface area contributed by atoms with Gasteiger partial charge in [0.1, 0.15) is 11.5 Å². The Hall–Kier alpha value is -1.55. The van der Waals surface area contributed by atoms with E-state index in [0.29, 0.717) is 4.84 Å². The van der Waals surface area contributed by atoms with Gasteiger partial charge in [0.05, 0.1) is 12.8 Å². The number of fused-ring (bicyclic) bond motifs is 3. The zero-order valence-corrected chi connectivity index (χ0v) is 9.69. The maximum absolute atomic E-state index is 5.45. The molecule has 3 rings (SSSR count). The maximum atomic E-state index is 5.45. The van der Waals surface area contributed by atoms with E-state index in [4.69, 9.17) is 21.4 Å². The van der Waals surface area contributed by atoms with Gasteiger partial charge in [-0.25, -0.2) is 0 Å². The average Bonchev–Trinajstić information content (AvgIpc) is 2.69. The fraction of sp³-hybridized carbons (Fsp3) is 0.250. The molecule has 0 radical (unpaired) electrons. The summed E-state index contributed by atoms with van der Waals surface area (Å²) in [5.74, 6) is 1.85. The predicted molar refractivity (Wildman–Crippen MR) is 63.3 cm³/mol. The molecule has 1 aliphatic carbocycles. The first-order chi connectivity index (χ1) is 7.78. The molecule has 0 amide bonds. The minimum Gasteiger partial charge on any atom is -0.497 e. The fourth-order valence-corrected chi connectivity index (χ4v) is 2.35. The number of H-pyrrole nitrogens is 1. The van der Waals surface area contributed by atoms with Gasteiger partial charge < -0.3 is 14.1 Å². The minimum absolute atomic E-state index is 0.452. The molecule has 1 N–H and O–H groups in total. The Kier molecular flexibility index (Phi) is 2.11. The van der Waals surface area contributed by atoms with E-state index in [0.717, 1.165) is 30.0 Å². The van der Waals surface area contributed by atoms with Crippen molar-refractivity contribution in [2.75, 3.05) is 7.11 Å². The summed E-state index contributed by atoms with van der Waals surface area (Å²) in [7, 11) is 1.68. The van der Waals surface area contributed by atoms with Gasteiger partial charge in [0.25, 0.3) is 4.84 Å². The summed E-state index contributed by atoms with van der Waals surface area (Å²) in [6, 6.07) is 6.08. The molecule has 0 bridgehead atoms. The molecule has 0 unspecified atom stereocenters. The molecule has 0 fully saturated rings. The predicted octanol–water partition coefficient (Wildman–Crippen LogP) is 3.11. The lowest BCUT2D eigenvalue weighted by Crippen LogP contribution is -2.02. The first kappa shape index (κ1) is 9.66. The van der Waals surface area contributed by atoms with Crippen LogP contribution in [0.25, 0.3) is 11.3 Å². The van der Waals surface area contributed by atoms with E-state index in [2.05, 4.69) is 11.1 Å². The summed E-state index contributed by atoms with van der Waals surface area (Å²) in [5.41, 5.74) is 3.47. The monoisotopic (exact) mass is 233 g/mol. The number of hydrogen-bond acceptors (Lipinski definition) is 3. The molecule has 2 aromatic rings.